The molecule has 0 aromatic carbocycles. The molecule has 5 nitrogen and oxygen atoms in total. The van der Waals surface area contributed by atoms with Crippen LogP contribution in [0.4, 0.5) is 0 Å². The van der Waals surface area contributed by atoms with Crippen molar-refractivity contribution >= 4 is 0 Å². The number of hydrogen-bond donors (Lipinski definition) is 0. The largest absolute Gasteiger partial charge is 0.424 e. The Morgan fingerprint density at radius 3 is 2.73 bits per heavy atom. The molecular weight excluding hydrogens is 278 g/mol. The van der Waals surface area contributed by atoms with Crippen LogP contribution in [0.15, 0.2) is 4.42 Å². The second kappa shape index (κ2) is 7.55. The number of morpholine rings is 1. The van der Waals surface area contributed by atoms with Crippen molar-refractivity contribution in [3.05, 3.63) is 11.8 Å². The van der Waals surface area contributed by atoms with Gasteiger partial charge in [-0.15, -0.1) is 10.2 Å². The fourth-order valence-electron chi connectivity index (χ4n) is 3.62. The third-order valence-electron chi connectivity index (χ3n) is 4.88. The molecule has 0 unspecified atom stereocenters. The molecule has 2 aliphatic rings. The van der Waals surface area contributed by atoms with Crippen molar-refractivity contribution in [3.63, 3.8) is 0 Å². The molecule has 22 heavy (non-hydrogen) atoms. The summed E-state index contributed by atoms with van der Waals surface area (Å²) in [7, 11) is 0. The van der Waals surface area contributed by atoms with Crippen LogP contribution in [-0.4, -0.2) is 40.9 Å². The van der Waals surface area contributed by atoms with Gasteiger partial charge < -0.3 is 9.15 Å². The van der Waals surface area contributed by atoms with Gasteiger partial charge in [-0.1, -0.05) is 46.0 Å². The fourth-order valence-corrected chi connectivity index (χ4v) is 3.62. The van der Waals surface area contributed by atoms with E-state index < -0.39 is 0 Å². The molecule has 0 bridgehead atoms. The van der Waals surface area contributed by atoms with Crippen molar-refractivity contribution in [3.8, 4) is 0 Å². The van der Waals surface area contributed by atoms with Gasteiger partial charge in [0.15, 0.2) is 0 Å². The Labute approximate surface area is 133 Å². The molecular formula is C17H29N3O2. The van der Waals surface area contributed by atoms with Crippen LogP contribution in [-0.2, 0) is 11.3 Å². The maximum Gasteiger partial charge on any atom is 0.230 e. The molecule has 0 spiro atoms. The van der Waals surface area contributed by atoms with Gasteiger partial charge in [0, 0.05) is 19.0 Å². The van der Waals surface area contributed by atoms with Crippen LogP contribution in [0.2, 0.25) is 0 Å². The van der Waals surface area contributed by atoms with Crippen molar-refractivity contribution in [1.29, 1.82) is 0 Å². The number of aromatic nitrogens is 2. The molecule has 1 aliphatic heterocycles. The van der Waals surface area contributed by atoms with E-state index in [1.54, 1.807) is 0 Å². The van der Waals surface area contributed by atoms with E-state index >= 15 is 0 Å². The Balaban J connectivity index is 1.49. The Morgan fingerprint density at radius 2 is 2.00 bits per heavy atom. The van der Waals surface area contributed by atoms with Crippen molar-refractivity contribution in [1.82, 2.24) is 15.1 Å². The lowest BCUT2D eigenvalue weighted by Gasteiger charge is -2.34. The van der Waals surface area contributed by atoms with E-state index in [0.29, 0.717) is 12.0 Å². The third-order valence-corrected chi connectivity index (χ3v) is 4.88. The first-order chi connectivity index (χ1) is 10.7. The zero-order valence-corrected chi connectivity index (χ0v) is 14.0. The van der Waals surface area contributed by atoms with Crippen LogP contribution in [0.5, 0.6) is 0 Å². The topological polar surface area (TPSA) is 51.4 Å². The minimum atomic E-state index is 0.296. The summed E-state index contributed by atoms with van der Waals surface area (Å²) < 4.78 is 11.7. The lowest BCUT2D eigenvalue weighted by molar-refractivity contribution is -0.0459. The van der Waals surface area contributed by atoms with Gasteiger partial charge in [-0.25, -0.2) is 0 Å². The quantitative estimate of drug-likeness (QED) is 0.835. The zero-order valence-electron chi connectivity index (χ0n) is 14.0. The molecule has 2 fully saturated rings. The summed E-state index contributed by atoms with van der Waals surface area (Å²) in [5, 5.41) is 8.29. The number of nitrogens with zero attached hydrogens (tertiary/aromatic N) is 3. The van der Waals surface area contributed by atoms with Gasteiger partial charge in [0.25, 0.3) is 0 Å². The molecule has 1 saturated carbocycles. The number of ether oxygens (including phenoxy) is 1. The highest BCUT2D eigenvalue weighted by Gasteiger charge is 2.25. The van der Waals surface area contributed by atoms with Crippen LogP contribution in [0.3, 0.4) is 0 Å². The first-order valence-corrected chi connectivity index (χ1v) is 8.87. The van der Waals surface area contributed by atoms with Gasteiger partial charge in [0.2, 0.25) is 11.8 Å². The highest BCUT2D eigenvalue weighted by Crippen LogP contribution is 2.29. The van der Waals surface area contributed by atoms with E-state index in [2.05, 4.69) is 28.9 Å². The SMILES string of the molecule is CC(C)c1nnc(CN2CCO[C@H](CC3CCCCC3)C2)o1. The molecule has 124 valence electrons. The molecule has 1 aliphatic carbocycles. The molecule has 0 radical (unpaired) electrons. The Bertz CT molecular complexity index is 455. The lowest BCUT2D eigenvalue weighted by atomic mass is 9.85. The molecule has 1 aromatic rings. The lowest BCUT2D eigenvalue weighted by Crippen LogP contribution is -2.42. The van der Waals surface area contributed by atoms with Crippen LogP contribution >= 0.6 is 0 Å². The van der Waals surface area contributed by atoms with E-state index in [9.17, 15) is 0 Å². The highest BCUT2D eigenvalue weighted by molar-refractivity contribution is 4.88. The van der Waals surface area contributed by atoms with Gasteiger partial charge >= 0.3 is 0 Å². The standard InChI is InChI=1S/C17H29N3O2/c1-13(2)17-19-18-16(22-17)12-20-8-9-21-15(11-20)10-14-6-4-3-5-7-14/h13-15H,3-12H2,1-2H3/t15-/m1/s1. The second-order valence-electron chi connectivity index (χ2n) is 7.16. The average Bonchev–Trinajstić information content (AvgIpc) is 2.97. The molecule has 2 heterocycles. The smallest absolute Gasteiger partial charge is 0.230 e. The van der Waals surface area contributed by atoms with E-state index in [1.807, 2.05) is 0 Å². The minimum Gasteiger partial charge on any atom is -0.424 e. The summed E-state index contributed by atoms with van der Waals surface area (Å²) in [5.74, 6) is 2.64. The first-order valence-electron chi connectivity index (χ1n) is 8.87. The molecule has 1 saturated heterocycles. The maximum absolute atomic E-state index is 5.98. The van der Waals surface area contributed by atoms with Gasteiger partial charge in [0.05, 0.1) is 19.3 Å². The van der Waals surface area contributed by atoms with E-state index in [-0.39, 0.29) is 0 Å². The Kier molecular flexibility index (Phi) is 5.47. The number of hydrogen-bond acceptors (Lipinski definition) is 5. The van der Waals surface area contributed by atoms with Crippen molar-refractivity contribution in [2.45, 2.75) is 70.9 Å². The summed E-state index contributed by atoms with van der Waals surface area (Å²) in [4.78, 5) is 2.40. The Hall–Kier alpha value is -0.940. The molecule has 1 aromatic heterocycles. The fraction of sp³-hybridized carbons (Fsp3) is 0.882. The van der Waals surface area contributed by atoms with Crippen molar-refractivity contribution in [2.24, 2.45) is 5.92 Å². The van der Waals surface area contributed by atoms with Crippen LogP contribution < -0.4 is 0 Å². The van der Waals surface area contributed by atoms with E-state index in [1.165, 1.54) is 38.5 Å². The maximum atomic E-state index is 5.98. The molecule has 1 atom stereocenters. The molecule has 0 amide bonds. The normalized spacial score (nSPS) is 25.0. The summed E-state index contributed by atoms with van der Waals surface area (Å²) in [5.41, 5.74) is 0. The summed E-state index contributed by atoms with van der Waals surface area (Å²) in [6.07, 6.45) is 8.61. The van der Waals surface area contributed by atoms with Gasteiger partial charge in [-0.2, -0.15) is 0 Å². The van der Waals surface area contributed by atoms with Crippen molar-refractivity contribution in [2.75, 3.05) is 19.7 Å². The van der Waals surface area contributed by atoms with Crippen LogP contribution in [0.1, 0.15) is 70.1 Å². The summed E-state index contributed by atoms with van der Waals surface area (Å²) in [6, 6.07) is 0. The number of rotatable bonds is 5. The minimum absolute atomic E-state index is 0.296. The predicted octanol–water partition coefficient (Wildman–Crippen LogP) is 3.36. The average molecular weight is 307 g/mol. The molecule has 3 rings (SSSR count). The van der Waals surface area contributed by atoms with Crippen LogP contribution in [0.25, 0.3) is 0 Å². The second-order valence-corrected chi connectivity index (χ2v) is 7.16. The predicted molar refractivity (Wildman–Crippen MR) is 84.6 cm³/mol. The zero-order chi connectivity index (χ0) is 15.4. The van der Waals surface area contributed by atoms with Gasteiger partial charge in [-0.3, -0.25) is 4.90 Å². The summed E-state index contributed by atoms with van der Waals surface area (Å²) >= 11 is 0. The summed E-state index contributed by atoms with van der Waals surface area (Å²) in [6.45, 7) is 7.68. The third kappa shape index (κ3) is 4.29. The van der Waals surface area contributed by atoms with Gasteiger partial charge in [-0.05, 0) is 12.3 Å². The van der Waals surface area contributed by atoms with E-state index in [0.717, 1.165) is 43.9 Å². The molecule has 5 heteroatoms. The first kappa shape index (κ1) is 15.9. The highest BCUT2D eigenvalue weighted by atomic mass is 16.5. The van der Waals surface area contributed by atoms with Crippen molar-refractivity contribution < 1.29 is 9.15 Å². The van der Waals surface area contributed by atoms with Crippen LogP contribution in [0, 0.1) is 5.92 Å². The van der Waals surface area contributed by atoms with E-state index in [4.69, 9.17) is 9.15 Å². The van der Waals surface area contributed by atoms with Gasteiger partial charge in [0.1, 0.15) is 0 Å². The Morgan fingerprint density at radius 1 is 1.18 bits per heavy atom. The molecule has 0 N–H and O–H groups in total. The monoisotopic (exact) mass is 307 g/mol.